The molecule has 2 amide bonds. The first-order valence-corrected chi connectivity index (χ1v) is 6.63. The molecule has 1 aliphatic heterocycles. The third kappa shape index (κ3) is 3.10. The fourth-order valence-electron chi connectivity index (χ4n) is 2.29. The van der Waals surface area contributed by atoms with Crippen LogP contribution in [-0.2, 0) is 22.5 Å². The summed E-state index contributed by atoms with van der Waals surface area (Å²) in [5.41, 5.74) is 6.90. The van der Waals surface area contributed by atoms with Crippen molar-refractivity contribution in [3.63, 3.8) is 0 Å². The van der Waals surface area contributed by atoms with Gasteiger partial charge in [-0.05, 0) is 31.9 Å². The van der Waals surface area contributed by atoms with Gasteiger partial charge in [0.25, 0.3) is 0 Å². The van der Waals surface area contributed by atoms with E-state index < -0.39 is 23.6 Å². The van der Waals surface area contributed by atoms with Crippen LogP contribution in [0.1, 0.15) is 31.9 Å². The van der Waals surface area contributed by atoms with E-state index in [0.717, 1.165) is 11.1 Å². The lowest BCUT2D eigenvalue weighted by atomic mass is 9.94. The van der Waals surface area contributed by atoms with E-state index in [1.165, 1.54) is 4.90 Å². The van der Waals surface area contributed by atoms with E-state index in [0.29, 0.717) is 13.0 Å². The van der Waals surface area contributed by atoms with Gasteiger partial charge in [-0.3, -0.25) is 9.69 Å². The predicted molar refractivity (Wildman–Crippen MR) is 74.9 cm³/mol. The van der Waals surface area contributed by atoms with Crippen molar-refractivity contribution in [2.24, 2.45) is 5.73 Å². The molecule has 0 fully saturated rings. The zero-order valence-electron chi connectivity index (χ0n) is 12.1. The highest BCUT2D eigenvalue weighted by molar-refractivity contribution is 5.85. The summed E-state index contributed by atoms with van der Waals surface area (Å²) in [6, 6.07) is 7.08. The minimum Gasteiger partial charge on any atom is -0.444 e. The molecule has 108 valence electrons. The Bertz CT molecular complexity index is 534. The third-order valence-electron chi connectivity index (χ3n) is 3.20. The Balaban J connectivity index is 2.27. The molecule has 1 atom stereocenters. The van der Waals surface area contributed by atoms with Crippen molar-refractivity contribution in [1.29, 1.82) is 0 Å². The Morgan fingerprint density at radius 3 is 2.40 bits per heavy atom. The number of carbonyl (C=O) groups is 2. The van der Waals surface area contributed by atoms with Gasteiger partial charge < -0.3 is 10.5 Å². The van der Waals surface area contributed by atoms with E-state index >= 15 is 0 Å². The van der Waals surface area contributed by atoms with Crippen LogP contribution < -0.4 is 5.73 Å². The molecule has 0 aliphatic carbocycles. The second kappa shape index (κ2) is 5.15. The third-order valence-corrected chi connectivity index (χ3v) is 3.20. The molecule has 1 unspecified atom stereocenters. The maximum atomic E-state index is 12.2. The summed E-state index contributed by atoms with van der Waals surface area (Å²) in [6.45, 7) is 5.73. The quantitative estimate of drug-likeness (QED) is 0.850. The second-order valence-electron chi connectivity index (χ2n) is 6.00. The standard InChI is InChI=1S/C15H20N2O3/c1-15(2,3)20-14(19)17-9-11-7-5-4-6-10(11)8-12(17)13(16)18/h4-7,12H,8-9H2,1-3H3,(H2,16,18). The molecule has 0 saturated heterocycles. The van der Waals surface area contributed by atoms with Gasteiger partial charge in [0, 0.05) is 6.42 Å². The van der Waals surface area contributed by atoms with Crippen molar-refractivity contribution in [3.8, 4) is 0 Å². The molecule has 2 N–H and O–H groups in total. The van der Waals surface area contributed by atoms with Gasteiger partial charge in [-0.25, -0.2) is 4.79 Å². The Morgan fingerprint density at radius 2 is 1.85 bits per heavy atom. The summed E-state index contributed by atoms with van der Waals surface area (Å²) in [4.78, 5) is 25.3. The van der Waals surface area contributed by atoms with E-state index in [2.05, 4.69) is 0 Å². The molecule has 20 heavy (non-hydrogen) atoms. The van der Waals surface area contributed by atoms with Gasteiger partial charge in [0.15, 0.2) is 0 Å². The highest BCUT2D eigenvalue weighted by atomic mass is 16.6. The number of hydrogen-bond acceptors (Lipinski definition) is 3. The number of ether oxygens (including phenoxy) is 1. The summed E-state index contributed by atoms with van der Waals surface area (Å²) < 4.78 is 5.35. The zero-order chi connectivity index (χ0) is 14.9. The molecule has 5 heteroatoms. The molecule has 0 saturated carbocycles. The van der Waals surface area contributed by atoms with Crippen LogP contribution in [0.5, 0.6) is 0 Å². The number of rotatable bonds is 1. The van der Waals surface area contributed by atoms with E-state index in [4.69, 9.17) is 10.5 Å². The number of carbonyl (C=O) groups excluding carboxylic acids is 2. The number of amides is 2. The second-order valence-corrected chi connectivity index (χ2v) is 6.00. The van der Waals surface area contributed by atoms with Crippen molar-refractivity contribution in [2.45, 2.75) is 45.4 Å². The lowest BCUT2D eigenvalue weighted by Gasteiger charge is -2.36. The maximum Gasteiger partial charge on any atom is 0.411 e. The lowest BCUT2D eigenvalue weighted by molar-refractivity contribution is -0.123. The van der Waals surface area contributed by atoms with Gasteiger partial charge in [-0.15, -0.1) is 0 Å². The monoisotopic (exact) mass is 276 g/mol. The Labute approximate surface area is 118 Å². The van der Waals surface area contributed by atoms with Crippen LogP contribution in [0.25, 0.3) is 0 Å². The fraction of sp³-hybridized carbons (Fsp3) is 0.467. The molecular weight excluding hydrogens is 256 g/mol. The number of nitrogens with two attached hydrogens (primary N) is 1. The molecule has 1 heterocycles. The molecular formula is C15H20N2O3. The van der Waals surface area contributed by atoms with Gasteiger partial charge in [-0.1, -0.05) is 24.3 Å². The summed E-state index contributed by atoms with van der Waals surface area (Å²) in [5, 5.41) is 0. The van der Waals surface area contributed by atoms with Crippen molar-refractivity contribution >= 4 is 12.0 Å². The van der Waals surface area contributed by atoms with Crippen LogP contribution in [0.3, 0.4) is 0 Å². The van der Waals surface area contributed by atoms with Gasteiger partial charge in [0.05, 0.1) is 6.54 Å². The molecule has 0 aromatic heterocycles. The van der Waals surface area contributed by atoms with Crippen molar-refractivity contribution in [2.75, 3.05) is 0 Å². The smallest absolute Gasteiger partial charge is 0.411 e. The van der Waals surface area contributed by atoms with Gasteiger partial charge in [0.1, 0.15) is 11.6 Å². The van der Waals surface area contributed by atoms with Crippen molar-refractivity contribution < 1.29 is 14.3 Å². The van der Waals surface area contributed by atoms with E-state index in [-0.39, 0.29) is 0 Å². The zero-order valence-corrected chi connectivity index (χ0v) is 12.1. The number of hydrogen-bond donors (Lipinski definition) is 1. The summed E-state index contributed by atoms with van der Waals surface area (Å²) >= 11 is 0. The minimum atomic E-state index is -0.653. The van der Waals surface area contributed by atoms with E-state index in [1.54, 1.807) is 20.8 Å². The Morgan fingerprint density at radius 1 is 1.25 bits per heavy atom. The summed E-state index contributed by atoms with van der Waals surface area (Å²) in [7, 11) is 0. The average Bonchev–Trinajstić information content (AvgIpc) is 2.35. The molecule has 0 spiro atoms. The molecule has 0 bridgehead atoms. The number of primary amides is 1. The average molecular weight is 276 g/mol. The Hall–Kier alpha value is -2.04. The first-order chi connectivity index (χ1) is 9.28. The lowest BCUT2D eigenvalue weighted by Crippen LogP contribution is -2.52. The fourth-order valence-corrected chi connectivity index (χ4v) is 2.29. The molecule has 1 aromatic rings. The van der Waals surface area contributed by atoms with Crippen LogP contribution in [0.4, 0.5) is 4.79 Å². The van der Waals surface area contributed by atoms with Gasteiger partial charge in [0.2, 0.25) is 5.91 Å². The van der Waals surface area contributed by atoms with Crippen LogP contribution in [0.2, 0.25) is 0 Å². The molecule has 2 rings (SSSR count). The van der Waals surface area contributed by atoms with Crippen LogP contribution in [0, 0.1) is 0 Å². The highest BCUT2D eigenvalue weighted by Gasteiger charge is 2.35. The normalized spacial score (nSPS) is 18.4. The van der Waals surface area contributed by atoms with E-state index in [9.17, 15) is 9.59 Å². The Kier molecular flexibility index (Phi) is 3.70. The molecule has 1 aliphatic rings. The molecule has 1 aromatic carbocycles. The number of nitrogens with zero attached hydrogens (tertiary/aromatic N) is 1. The van der Waals surface area contributed by atoms with Crippen molar-refractivity contribution in [1.82, 2.24) is 4.90 Å². The maximum absolute atomic E-state index is 12.2. The van der Waals surface area contributed by atoms with Crippen LogP contribution >= 0.6 is 0 Å². The molecule has 0 radical (unpaired) electrons. The van der Waals surface area contributed by atoms with Crippen LogP contribution in [0.15, 0.2) is 24.3 Å². The predicted octanol–water partition coefficient (Wildman–Crippen LogP) is 1.83. The summed E-state index contributed by atoms with van der Waals surface area (Å²) in [6.07, 6.45) is -0.0686. The molecule has 5 nitrogen and oxygen atoms in total. The van der Waals surface area contributed by atoms with Crippen molar-refractivity contribution in [3.05, 3.63) is 35.4 Å². The highest BCUT2D eigenvalue weighted by Crippen LogP contribution is 2.25. The first kappa shape index (κ1) is 14.4. The van der Waals surface area contributed by atoms with E-state index in [1.807, 2.05) is 24.3 Å². The number of fused-ring (bicyclic) bond motifs is 1. The first-order valence-electron chi connectivity index (χ1n) is 6.63. The van der Waals surface area contributed by atoms with Gasteiger partial charge >= 0.3 is 6.09 Å². The largest absolute Gasteiger partial charge is 0.444 e. The van der Waals surface area contributed by atoms with Gasteiger partial charge in [-0.2, -0.15) is 0 Å². The summed E-state index contributed by atoms with van der Waals surface area (Å²) in [5.74, 6) is -0.509. The minimum absolute atomic E-state index is 0.346. The SMILES string of the molecule is CC(C)(C)OC(=O)N1Cc2ccccc2CC1C(N)=O. The van der Waals surface area contributed by atoms with Crippen LogP contribution in [-0.4, -0.2) is 28.5 Å². The topological polar surface area (TPSA) is 72.6 Å². The number of benzene rings is 1.